The standard InChI is InChI=1S/C21H14ClN5S/c22-16-8-4-9-17(11-16)27-20-19(25-26-27)21(24-13-23-20)28-12-15-7-3-6-14-5-1-2-10-18(14)15/h1-11,13H,12H2. The van der Waals surface area contributed by atoms with E-state index in [0.29, 0.717) is 16.2 Å². The molecule has 7 heteroatoms. The van der Waals surface area contributed by atoms with Crippen LogP contribution in [0.15, 0.2) is 78.1 Å². The van der Waals surface area contributed by atoms with Crippen molar-refractivity contribution in [3.63, 3.8) is 0 Å². The van der Waals surface area contributed by atoms with Crippen molar-refractivity contribution in [3.8, 4) is 5.69 Å². The van der Waals surface area contributed by atoms with Gasteiger partial charge in [0.15, 0.2) is 11.2 Å². The molecule has 2 heterocycles. The molecule has 136 valence electrons. The van der Waals surface area contributed by atoms with Gasteiger partial charge in [-0.1, -0.05) is 77.1 Å². The van der Waals surface area contributed by atoms with Gasteiger partial charge in [-0.05, 0) is 34.5 Å². The van der Waals surface area contributed by atoms with Crippen LogP contribution in [0.3, 0.4) is 0 Å². The van der Waals surface area contributed by atoms with Gasteiger partial charge in [0.1, 0.15) is 11.4 Å². The van der Waals surface area contributed by atoms with Crippen LogP contribution in [0.1, 0.15) is 5.56 Å². The second-order valence-electron chi connectivity index (χ2n) is 6.26. The van der Waals surface area contributed by atoms with Gasteiger partial charge in [0.25, 0.3) is 0 Å². The summed E-state index contributed by atoms with van der Waals surface area (Å²) in [5.74, 6) is 0.789. The third kappa shape index (κ3) is 3.10. The van der Waals surface area contributed by atoms with Gasteiger partial charge >= 0.3 is 0 Å². The van der Waals surface area contributed by atoms with Crippen molar-refractivity contribution in [1.82, 2.24) is 25.0 Å². The SMILES string of the molecule is Clc1cccc(-n2nnc3c(SCc4cccc5ccccc45)ncnc32)c1. The highest BCUT2D eigenvalue weighted by molar-refractivity contribution is 7.98. The van der Waals surface area contributed by atoms with Gasteiger partial charge in [-0.25, -0.2) is 9.97 Å². The third-order valence-electron chi connectivity index (χ3n) is 4.50. The molecule has 5 aromatic rings. The van der Waals surface area contributed by atoms with E-state index in [1.54, 1.807) is 22.8 Å². The lowest BCUT2D eigenvalue weighted by Crippen LogP contribution is -1.98. The average molecular weight is 404 g/mol. The largest absolute Gasteiger partial charge is 0.227 e. The molecule has 0 aliphatic heterocycles. The van der Waals surface area contributed by atoms with Crippen LogP contribution in [-0.2, 0) is 5.75 Å². The Labute approximate surface area is 170 Å². The first kappa shape index (κ1) is 17.2. The maximum atomic E-state index is 6.11. The minimum atomic E-state index is 0.640. The molecule has 28 heavy (non-hydrogen) atoms. The molecule has 0 fully saturated rings. The van der Waals surface area contributed by atoms with Gasteiger partial charge < -0.3 is 0 Å². The fraction of sp³-hybridized carbons (Fsp3) is 0.0476. The number of hydrogen-bond acceptors (Lipinski definition) is 5. The lowest BCUT2D eigenvalue weighted by molar-refractivity contribution is 0.817. The molecule has 0 spiro atoms. The Balaban J connectivity index is 1.50. The van der Waals surface area contributed by atoms with Crippen molar-refractivity contribution in [3.05, 3.63) is 83.6 Å². The summed E-state index contributed by atoms with van der Waals surface area (Å²) < 4.78 is 1.69. The molecule has 0 N–H and O–H groups in total. The summed E-state index contributed by atoms with van der Waals surface area (Å²) in [6, 6.07) is 22.2. The molecule has 0 saturated heterocycles. The summed E-state index contributed by atoms with van der Waals surface area (Å²) in [6.07, 6.45) is 1.55. The number of halogens is 1. The molecule has 0 aliphatic carbocycles. The van der Waals surface area contributed by atoms with E-state index in [9.17, 15) is 0 Å². The molecule has 5 nitrogen and oxygen atoms in total. The highest BCUT2D eigenvalue weighted by Crippen LogP contribution is 2.29. The van der Waals surface area contributed by atoms with E-state index in [-0.39, 0.29) is 0 Å². The number of hydrogen-bond donors (Lipinski definition) is 0. The van der Waals surface area contributed by atoms with Crippen LogP contribution in [-0.4, -0.2) is 25.0 Å². The molecule has 3 aromatic carbocycles. The van der Waals surface area contributed by atoms with Gasteiger partial charge in [0.05, 0.1) is 5.69 Å². The lowest BCUT2D eigenvalue weighted by atomic mass is 10.1. The van der Waals surface area contributed by atoms with Crippen molar-refractivity contribution in [2.45, 2.75) is 10.8 Å². The molecule has 0 radical (unpaired) electrons. The second-order valence-corrected chi connectivity index (χ2v) is 7.66. The minimum absolute atomic E-state index is 0.640. The van der Waals surface area contributed by atoms with Crippen LogP contribution < -0.4 is 0 Å². The average Bonchev–Trinajstić information content (AvgIpc) is 3.17. The van der Waals surface area contributed by atoms with E-state index in [1.807, 2.05) is 24.3 Å². The number of fused-ring (bicyclic) bond motifs is 2. The Morgan fingerprint density at radius 2 is 1.79 bits per heavy atom. The molecule has 0 unspecified atom stereocenters. The molecule has 5 rings (SSSR count). The number of benzene rings is 3. The predicted molar refractivity (Wildman–Crippen MR) is 113 cm³/mol. The summed E-state index contributed by atoms with van der Waals surface area (Å²) in [5, 5.41) is 12.5. The Hall–Kier alpha value is -2.96. The van der Waals surface area contributed by atoms with Crippen LogP contribution in [0.4, 0.5) is 0 Å². The van der Waals surface area contributed by atoms with Gasteiger partial charge in [-0.2, -0.15) is 4.68 Å². The van der Waals surface area contributed by atoms with Gasteiger partial charge in [-0.3, -0.25) is 0 Å². The molecule has 0 bridgehead atoms. The van der Waals surface area contributed by atoms with Crippen molar-refractivity contribution >= 4 is 45.3 Å². The molecular formula is C21H14ClN5S. The number of rotatable bonds is 4. The summed E-state index contributed by atoms with van der Waals surface area (Å²) in [6.45, 7) is 0. The third-order valence-corrected chi connectivity index (χ3v) is 5.76. The molecule has 0 saturated carbocycles. The fourth-order valence-electron chi connectivity index (χ4n) is 3.18. The summed E-state index contributed by atoms with van der Waals surface area (Å²) in [5.41, 5.74) is 3.43. The maximum absolute atomic E-state index is 6.11. The highest BCUT2D eigenvalue weighted by Gasteiger charge is 2.14. The Bertz CT molecular complexity index is 1300. The van der Waals surface area contributed by atoms with Crippen LogP contribution >= 0.6 is 23.4 Å². The lowest BCUT2D eigenvalue weighted by Gasteiger charge is -2.06. The number of thioether (sulfide) groups is 1. The second kappa shape index (κ2) is 7.22. The van der Waals surface area contributed by atoms with Crippen LogP contribution in [0.25, 0.3) is 27.6 Å². The Kier molecular flexibility index (Phi) is 4.43. The van der Waals surface area contributed by atoms with Crippen molar-refractivity contribution in [2.75, 3.05) is 0 Å². The fourth-order valence-corrected chi connectivity index (χ4v) is 4.30. The van der Waals surface area contributed by atoms with Crippen molar-refractivity contribution < 1.29 is 0 Å². The monoisotopic (exact) mass is 403 g/mol. The Morgan fingerprint density at radius 3 is 2.71 bits per heavy atom. The molecule has 0 amide bonds. The first-order valence-corrected chi connectivity index (χ1v) is 10.1. The number of nitrogens with zero attached hydrogens (tertiary/aromatic N) is 5. The van der Waals surface area contributed by atoms with Crippen LogP contribution in [0.5, 0.6) is 0 Å². The number of aromatic nitrogens is 5. The first-order chi connectivity index (χ1) is 13.8. The van der Waals surface area contributed by atoms with Crippen molar-refractivity contribution in [1.29, 1.82) is 0 Å². The van der Waals surface area contributed by atoms with E-state index in [0.717, 1.165) is 16.5 Å². The predicted octanol–water partition coefficient (Wildman–Crippen LogP) is 5.31. The Morgan fingerprint density at radius 1 is 0.929 bits per heavy atom. The van der Waals surface area contributed by atoms with E-state index in [2.05, 4.69) is 62.7 Å². The summed E-state index contributed by atoms with van der Waals surface area (Å²) >= 11 is 7.75. The minimum Gasteiger partial charge on any atom is -0.227 e. The molecule has 0 atom stereocenters. The van der Waals surface area contributed by atoms with E-state index in [1.165, 1.54) is 16.3 Å². The normalized spacial score (nSPS) is 11.3. The summed E-state index contributed by atoms with van der Waals surface area (Å²) in [4.78, 5) is 8.82. The van der Waals surface area contributed by atoms with Crippen LogP contribution in [0, 0.1) is 0 Å². The van der Waals surface area contributed by atoms with E-state index in [4.69, 9.17) is 11.6 Å². The first-order valence-electron chi connectivity index (χ1n) is 8.71. The van der Waals surface area contributed by atoms with Crippen molar-refractivity contribution in [2.24, 2.45) is 0 Å². The van der Waals surface area contributed by atoms with Gasteiger partial charge in [0, 0.05) is 10.8 Å². The van der Waals surface area contributed by atoms with E-state index < -0.39 is 0 Å². The molecular weight excluding hydrogens is 390 g/mol. The zero-order valence-electron chi connectivity index (χ0n) is 14.7. The van der Waals surface area contributed by atoms with E-state index >= 15 is 0 Å². The molecule has 0 aliphatic rings. The van der Waals surface area contributed by atoms with Gasteiger partial charge in [-0.15, -0.1) is 5.10 Å². The summed E-state index contributed by atoms with van der Waals surface area (Å²) in [7, 11) is 0. The molecule has 2 aromatic heterocycles. The zero-order chi connectivity index (χ0) is 18.9. The smallest absolute Gasteiger partial charge is 0.187 e. The topological polar surface area (TPSA) is 56.5 Å². The van der Waals surface area contributed by atoms with Crippen LogP contribution in [0.2, 0.25) is 5.02 Å². The highest BCUT2D eigenvalue weighted by atomic mass is 35.5. The quantitative estimate of drug-likeness (QED) is 0.300. The maximum Gasteiger partial charge on any atom is 0.187 e. The zero-order valence-corrected chi connectivity index (χ0v) is 16.2. The van der Waals surface area contributed by atoms with Gasteiger partial charge in [0.2, 0.25) is 0 Å².